The first kappa shape index (κ1) is 11.1. The van der Waals surface area contributed by atoms with Gasteiger partial charge >= 0.3 is 0 Å². The lowest BCUT2D eigenvalue weighted by Crippen LogP contribution is -2.15. The van der Waals surface area contributed by atoms with Gasteiger partial charge in [0.2, 0.25) is 0 Å². The summed E-state index contributed by atoms with van der Waals surface area (Å²) in [5, 5.41) is 0. The van der Waals surface area contributed by atoms with Gasteiger partial charge in [-0.3, -0.25) is 4.79 Å². The molecule has 0 radical (unpaired) electrons. The van der Waals surface area contributed by atoms with Crippen molar-refractivity contribution in [1.29, 1.82) is 0 Å². The van der Waals surface area contributed by atoms with Crippen molar-refractivity contribution in [1.82, 2.24) is 0 Å². The summed E-state index contributed by atoms with van der Waals surface area (Å²) in [6.45, 7) is 3.81. The molecule has 0 spiro atoms. The van der Waals surface area contributed by atoms with Gasteiger partial charge in [-0.1, -0.05) is 56.3 Å². The molecule has 2 nitrogen and oxygen atoms in total. The van der Waals surface area contributed by atoms with Crippen LogP contribution in [0.3, 0.4) is 0 Å². The van der Waals surface area contributed by atoms with Crippen LogP contribution < -0.4 is 0 Å². The highest BCUT2D eigenvalue weighted by atomic mass is 16.6. The molecular formula is C14H16O2. The molecule has 0 unspecified atom stereocenters. The zero-order valence-corrected chi connectivity index (χ0v) is 9.59. The molecule has 1 aromatic rings. The zero-order valence-electron chi connectivity index (χ0n) is 9.59. The Bertz CT molecular complexity index is 392. The average Bonchev–Trinajstić information content (AvgIpc) is 3.06. The van der Waals surface area contributed by atoms with Gasteiger partial charge in [0.25, 0.3) is 0 Å². The van der Waals surface area contributed by atoms with Crippen molar-refractivity contribution < 1.29 is 9.53 Å². The molecule has 2 atom stereocenters. The van der Waals surface area contributed by atoms with Gasteiger partial charge in [0, 0.05) is 5.92 Å². The van der Waals surface area contributed by atoms with Crippen LogP contribution in [0.1, 0.15) is 19.4 Å². The Morgan fingerprint density at radius 1 is 1.31 bits per heavy atom. The quantitative estimate of drug-likeness (QED) is 0.724. The maximum atomic E-state index is 11.6. The maximum Gasteiger partial charge on any atom is 0.167 e. The van der Waals surface area contributed by atoms with E-state index in [1.54, 1.807) is 0 Å². The highest BCUT2D eigenvalue weighted by Crippen LogP contribution is 2.27. The molecule has 1 heterocycles. The highest BCUT2D eigenvalue weighted by Gasteiger charge is 2.43. The van der Waals surface area contributed by atoms with E-state index in [4.69, 9.17) is 4.74 Å². The van der Waals surface area contributed by atoms with Crippen LogP contribution in [0, 0.1) is 5.92 Å². The molecule has 0 amide bonds. The summed E-state index contributed by atoms with van der Waals surface area (Å²) in [6.07, 6.45) is 3.73. The fourth-order valence-corrected chi connectivity index (χ4v) is 1.60. The number of epoxide rings is 1. The van der Waals surface area contributed by atoms with Gasteiger partial charge in [-0.05, 0) is 5.56 Å². The van der Waals surface area contributed by atoms with E-state index in [2.05, 4.69) is 0 Å². The summed E-state index contributed by atoms with van der Waals surface area (Å²) in [4.78, 5) is 11.6. The Hall–Kier alpha value is -1.41. The summed E-state index contributed by atoms with van der Waals surface area (Å²) in [7, 11) is 0. The van der Waals surface area contributed by atoms with Gasteiger partial charge in [-0.2, -0.15) is 0 Å². The zero-order chi connectivity index (χ0) is 11.5. The Morgan fingerprint density at radius 2 is 2.00 bits per heavy atom. The first-order valence-corrected chi connectivity index (χ1v) is 5.61. The molecule has 0 aromatic heterocycles. The molecule has 1 aliphatic rings. The summed E-state index contributed by atoms with van der Waals surface area (Å²) in [5.74, 6) is 0.253. The minimum absolute atomic E-state index is 0.0184. The van der Waals surface area contributed by atoms with Crippen molar-refractivity contribution in [3.8, 4) is 0 Å². The second-order valence-corrected chi connectivity index (χ2v) is 4.35. The molecule has 0 bridgehead atoms. The van der Waals surface area contributed by atoms with Crippen molar-refractivity contribution in [3.63, 3.8) is 0 Å². The van der Waals surface area contributed by atoms with Crippen molar-refractivity contribution in [2.24, 2.45) is 5.92 Å². The van der Waals surface area contributed by atoms with Gasteiger partial charge in [0.1, 0.15) is 12.2 Å². The van der Waals surface area contributed by atoms with Crippen molar-refractivity contribution in [3.05, 3.63) is 42.0 Å². The molecule has 1 aliphatic heterocycles. The Labute approximate surface area is 95.9 Å². The molecule has 0 N–H and O–H groups in total. The first-order chi connectivity index (χ1) is 7.68. The molecule has 16 heavy (non-hydrogen) atoms. The second-order valence-electron chi connectivity index (χ2n) is 4.35. The van der Waals surface area contributed by atoms with Crippen LogP contribution in [0.15, 0.2) is 36.4 Å². The van der Waals surface area contributed by atoms with Gasteiger partial charge < -0.3 is 4.74 Å². The largest absolute Gasteiger partial charge is 0.357 e. The lowest BCUT2D eigenvalue weighted by atomic mass is 10.0. The van der Waals surface area contributed by atoms with Crippen molar-refractivity contribution >= 4 is 11.9 Å². The summed E-state index contributed by atoms with van der Waals surface area (Å²) in [6, 6.07) is 10.0. The van der Waals surface area contributed by atoms with E-state index in [-0.39, 0.29) is 23.9 Å². The van der Waals surface area contributed by atoms with Crippen LogP contribution in [0.4, 0.5) is 0 Å². The number of ketones is 1. The molecule has 0 saturated carbocycles. The average molecular weight is 216 g/mol. The van der Waals surface area contributed by atoms with Gasteiger partial charge in [-0.15, -0.1) is 0 Å². The summed E-state index contributed by atoms with van der Waals surface area (Å²) < 4.78 is 5.33. The Balaban J connectivity index is 1.90. The number of ether oxygens (including phenoxy) is 1. The van der Waals surface area contributed by atoms with E-state index in [9.17, 15) is 4.79 Å². The fourth-order valence-electron chi connectivity index (χ4n) is 1.60. The lowest BCUT2D eigenvalue weighted by molar-refractivity contribution is -0.123. The predicted octanol–water partition coefficient (Wildman–Crippen LogP) is 2.69. The molecular weight excluding hydrogens is 200 g/mol. The second kappa shape index (κ2) is 4.62. The molecule has 0 aliphatic carbocycles. The predicted molar refractivity (Wildman–Crippen MR) is 64.0 cm³/mol. The smallest absolute Gasteiger partial charge is 0.167 e. The van der Waals surface area contributed by atoms with Crippen LogP contribution in [-0.2, 0) is 9.53 Å². The van der Waals surface area contributed by atoms with E-state index < -0.39 is 0 Å². The van der Waals surface area contributed by atoms with Crippen molar-refractivity contribution in [2.45, 2.75) is 26.1 Å². The maximum absolute atomic E-state index is 11.6. The normalized spacial score (nSPS) is 23.9. The topological polar surface area (TPSA) is 29.6 Å². The molecule has 1 fully saturated rings. The fraction of sp³-hybridized carbons (Fsp3) is 0.357. The van der Waals surface area contributed by atoms with E-state index in [1.165, 1.54) is 0 Å². The minimum Gasteiger partial charge on any atom is -0.357 e. The van der Waals surface area contributed by atoms with Crippen LogP contribution >= 0.6 is 0 Å². The summed E-state index contributed by atoms with van der Waals surface area (Å²) >= 11 is 0. The molecule has 84 valence electrons. The molecule has 1 saturated heterocycles. The SMILES string of the molecule is CC(C)C(=O)[C@H]1O[C@H]1/C=C/c1ccccc1. The number of carbonyl (C=O) groups is 1. The van der Waals surface area contributed by atoms with E-state index >= 15 is 0 Å². The van der Waals surface area contributed by atoms with Crippen molar-refractivity contribution in [2.75, 3.05) is 0 Å². The van der Waals surface area contributed by atoms with Crippen LogP contribution in [-0.4, -0.2) is 18.0 Å². The van der Waals surface area contributed by atoms with Crippen LogP contribution in [0.2, 0.25) is 0 Å². The number of Topliss-reactive ketones (excluding diaryl/α,β-unsaturated/α-hetero) is 1. The third-order valence-corrected chi connectivity index (χ3v) is 2.65. The number of carbonyl (C=O) groups excluding carboxylic acids is 1. The molecule has 1 aromatic carbocycles. The van der Waals surface area contributed by atoms with E-state index in [0.29, 0.717) is 0 Å². The number of hydrogen-bond acceptors (Lipinski definition) is 2. The number of rotatable bonds is 4. The standard InChI is InChI=1S/C14H16O2/c1-10(2)13(15)14-12(16-14)9-8-11-6-4-3-5-7-11/h3-10,12,14H,1-2H3/b9-8+/t12-,14-/m0/s1. The molecule has 2 heteroatoms. The van der Waals surface area contributed by atoms with Gasteiger partial charge in [-0.25, -0.2) is 0 Å². The van der Waals surface area contributed by atoms with E-state index in [1.807, 2.05) is 56.3 Å². The Morgan fingerprint density at radius 3 is 2.62 bits per heavy atom. The van der Waals surface area contributed by atoms with Gasteiger partial charge in [0.05, 0.1) is 0 Å². The number of hydrogen-bond donors (Lipinski definition) is 0. The summed E-state index contributed by atoms with van der Waals surface area (Å²) in [5.41, 5.74) is 1.13. The van der Waals surface area contributed by atoms with Crippen LogP contribution in [0.5, 0.6) is 0 Å². The monoisotopic (exact) mass is 216 g/mol. The third-order valence-electron chi connectivity index (χ3n) is 2.65. The Kier molecular flexibility index (Phi) is 3.20. The minimum atomic E-state index is -0.208. The van der Waals surface area contributed by atoms with Crippen LogP contribution in [0.25, 0.3) is 6.08 Å². The lowest BCUT2D eigenvalue weighted by Gasteiger charge is -1.97. The third kappa shape index (κ3) is 2.58. The first-order valence-electron chi connectivity index (χ1n) is 5.61. The molecule has 2 rings (SSSR count). The highest BCUT2D eigenvalue weighted by molar-refractivity contribution is 5.88. The van der Waals surface area contributed by atoms with Gasteiger partial charge in [0.15, 0.2) is 5.78 Å². The van der Waals surface area contributed by atoms with E-state index in [0.717, 1.165) is 5.56 Å². The number of benzene rings is 1.